The number of fused-ring (bicyclic) bond motifs is 1. The molecule has 0 saturated carbocycles. The van der Waals surface area contributed by atoms with Crippen molar-refractivity contribution >= 4 is 17.7 Å². The first-order chi connectivity index (χ1) is 13.1. The highest BCUT2D eigenvalue weighted by molar-refractivity contribution is 5.88. The topological polar surface area (TPSA) is 111 Å². The van der Waals surface area contributed by atoms with Crippen LogP contribution in [0.1, 0.15) is 33.3 Å². The molecule has 3 rings (SSSR count). The number of nitro benzene ring substituents is 1. The number of hydrogen-bond donors (Lipinski definition) is 1. The molecule has 3 unspecified atom stereocenters. The maximum Gasteiger partial charge on any atom is 0.407 e. The van der Waals surface area contributed by atoms with E-state index in [0.29, 0.717) is 12.2 Å². The lowest BCUT2D eigenvalue weighted by Crippen LogP contribution is -2.76. The van der Waals surface area contributed by atoms with Crippen LogP contribution in [0.3, 0.4) is 0 Å². The quantitative estimate of drug-likeness (QED) is 0.469. The first-order valence-corrected chi connectivity index (χ1v) is 9.25. The summed E-state index contributed by atoms with van der Waals surface area (Å²) < 4.78 is 10.9. The van der Waals surface area contributed by atoms with Gasteiger partial charge in [-0.15, -0.1) is 0 Å². The highest BCUT2D eigenvalue weighted by Gasteiger charge is 2.59. The first-order valence-electron chi connectivity index (χ1n) is 9.25. The molecule has 2 heterocycles. The minimum absolute atomic E-state index is 0.0119. The Morgan fingerprint density at radius 1 is 1.43 bits per heavy atom. The maximum absolute atomic E-state index is 12.6. The van der Waals surface area contributed by atoms with Crippen molar-refractivity contribution in [3.8, 4) is 0 Å². The third kappa shape index (κ3) is 3.66. The van der Waals surface area contributed by atoms with E-state index in [4.69, 9.17) is 9.47 Å². The number of nitrogens with zero attached hydrogens (tertiary/aromatic N) is 2. The van der Waals surface area contributed by atoms with E-state index in [-0.39, 0.29) is 42.1 Å². The zero-order valence-electron chi connectivity index (χ0n) is 16.4. The monoisotopic (exact) mass is 391 g/mol. The number of carbonyl (C=O) groups is 2. The third-order valence-electron chi connectivity index (χ3n) is 5.45. The number of alkyl carbamates (subject to hydrolysis) is 1. The van der Waals surface area contributed by atoms with Crippen LogP contribution in [0, 0.1) is 22.0 Å². The number of non-ortho nitro benzene ring substituents is 1. The molecule has 4 atom stereocenters. The number of nitrogens with one attached hydrogen (secondary N) is 1. The molecule has 1 N–H and O–H groups in total. The number of nitro groups is 1. The van der Waals surface area contributed by atoms with Crippen molar-refractivity contribution < 1.29 is 24.0 Å². The standard InChI is InChI=1S/C19H25N3O6/c1-11-9-28-19(3,4)21-16(11)15(17(21)23)12(2)20-18(24)27-10-13-5-7-14(8-6-13)22(25)26/h5-8,11-12,15-16H,9-10H2,1-4H3,(H,20,24)/t11?,12?,15-,16?/m0/s1. The minimum Gasteiger partial charge on any atom is -0.445 e. The number of ether oxygens (including phenoxy) is 2. The van der Waals surface area contributed by atoms with Crippen LogP contribution < -0.4 is 5.32 Å². The van der Waals surface area contributed by atoms with E-state index in [1.807, 2.05) is 20.8 Å². The lowest BCUT2D eigenvalue weighted by atomic mass is 9.73. The molecule has 0 aromatic heterocycles. The van der Waals surface area contributed by atoms with Gasteiger partial charge in [0.15, 0.2) is 0 Å². The van der Waals surface area contributed by atoms with Gasteiger partial charge in [0.2, 0.25) is 5.91 Å². The van der Waals surface area contributed by atoms with Gasteiger partial charge in [-0.25, -0.2) is 4.79 Å². The van der Waals surface area contributed by atoms with Crippen molar-refractivity contribution in [1.29, 1.82) is 0 Å². The summed E-state index contributed by atoms with van der Waals surface area (Å²) in [6.07, 6.45) is -0.629. The molecule has 2 saturated heterocycles. The molecule has 0 aliphatic carbocycles. The fourth-order valence-corrected chi connectivity index (χ4v) is 3.96. The van der Waals surface area contributed by atoms with Gasteiger partial charge in [-0.05, 0) is 38.5 Å². The van der Waals surface area contributed by atoms with Crippen molar-refractivity contribution in [2.24, 2.45) is 11.8 Å². The molecule has 152 valence electrons. The molecular weight excluding hydrogens is 366 g/mol. The van der Waals surface area contributed by atoms with E-state index in [1.165, 1.54) is 24.3 Å². The minimum atomic E-state index is -0.638. The summed E-state index contributed by atoms with van der Waals surface area (Å²) >= 11 is 0. The fraction of sp³-hybridized carbons (Fsp3) is 0.579. The molecule has 1 aromatic rings. The van der Waals surface area contributed by atoms with Gasteiger partial charge in [0.25, 0.3) is 5.69 Å². The van der Waals surface area contributed by atoms with Crippen LogP contribution in [0.4, 0.5) is 10.5 Å². The SMILES string of the molecule is CC1COC(C)(C)N2C(=O)[C@@H](C(C)NC(=O)OCc3ccc([N+](=O)[O-])cc3)C12. The number of β-lactam (4-membered cyclic amide) rings is 1. The van der Waals surface area contributed by atoms with Gasteiger partial charge in [0.05, 0.1) is 23.5 Å². The zero-order valence-corrected chi connectivity index (χ0v) is 16.4. The van der Waals surface area contributed by atoms with Crippen LogP contribution in [-0.4, -0.2) is 46.2 Å². The Balaban J connectivity index is 1.54. The van der Waals surface area contributed by atoms with E-state index in [0.717, 1.165) is 0 Å². The Morgan fingerprint density at radius 2 is 2.07 bits per heavy atom. The Morgan fingerprint density at radius 3 is 2.68 bits per heavy atom. The normalized spacial score (nSPS) is 26.6. The van der Waals surface area contributed by atoms with Crippen LogP contribution in [-0.2, 0) is 20.9 Å². The zero-order chi connectivity index (χ0) is 20.6. The maximum atomic E-state index is 12.6. The molecule has 9 nitrogen and oxygen atoms in total. The van der Waals surface area contributed by atoms with Gasteiger partial charge in [-0.1, -0.05) is 6.92 Å². The molecule has 0 spiro atoms. The lowest BCUT2D eigenvalue weighted by molar-refractivity contribution is -0.384. The predicted octanol–water partition coefficient (Wildman–Crippen LogP) is 2.44. The summed E-state index contributed by atoms with van der Waals surface area (Å²) in [7, 11) is 0. The van der Waals surface area contributed by atoms with Gasteiger partial charge in [0, 0.05) is 24.1 Å². The van der Waals surface area contributed by atoms with E-state index < -0.39 is 16.7 Å². The Bertz CT molecular complexity index is 778. The highest BCUT2D eigenvalue weighted by atomic mass is 16.6. The second kappa shape index (κ2) is 7.38. The van der Waals surface area contributed by atoms with Crippen LogP contribution in [0.2, 0.25) is 0 Å². The summed E-state index contributed by atoms with van der Waals surface area (Å²) in [5, 5.41) is 13.4. The van der Waals surface area contributed by atoms with Crippen LogP contribution in [0.25, 0.3) is 0 Å². The summed E-state index contributed by atoms with van der Waals surface area (Å²) in [5.41, 5.74) is -0.0246. The van der Waals surface area contributed by atoms with Crippen molar-refractivity contribution in [1.82, 2.24) is 10.2 Å². The van der Waals surface area contributed by atoms with Crippen molar-refractivity contribution in [2.75, 3.05) is 6.61 Å². The molecule has 2 fully saturated rings. The second-order valence-corrected chi connectivity index (χ2v) is 7.89. The number of amides is 2. The van der Waals surface area contributed by atoms with Gasteiger partial charge in [-0.3, -0.25) is 14.9 Å². The Hall–Kier alpha value is -2.68. The van der Waals surface area contributed by atoms with Gasteiger partial charge < -0.3 is 19.7 Å². The largest absolute Gasteiger partial charge is 0.445 e. The van der Waals surface area contributed by atoms with Crippen LogP contribution in [0.5, 0.6) is 0 Å². The van der Waals surface area contributed by atoms with Gasteiger partial charge in [-0.2, -0.15) is 0 Å². The van der Waals surface area contributed by atoms with Crippen LogP contribution >= 0.6 is 0 Å². The molecule has 9 heteroatoms. The summed E-state index contributed by atoms with van der Waals surface area (Å²) in [6, 6.07) is 5.42. The highest BCUT2D eigenvalue weighted by Crippen LogP contribution is 2.43. The summed E-state index contributed by atoms with van der Waals surface area (Å²) in [4.78, 5) is 36.7. The molecule has 1 aromatic carbocycles. The molecule has 0 radical (unpaired) electrons. The van der Waals surface area contributed by atoms with Crippen molar-refractivity contribution in [3.05, 3.63) is 39.9 Å². The van der Waals surface area contributed by atoms with Crippen molar-refractivity contribution in [3.63, 3.8) is 0 Å². The fourth-order valence-electron chi connectivity index (χ4n) is 3.96. The molecular formula is C19H25N3O6. The summed E-state index contributed by atoms with van der Waals surface area (Å²) in [6.45, 7) is 8.12. The third-order valence-corrected chi connectivity index (χ3v) is 5.45. The summed E-state index contributed by atoms with van der Waals surface area (Å²) in [5.74, 6) is -0.175. The van der Waals surface area contributed by atoms with E-state index >= 15 is 0 Å². The van der Waals surface area contributed by atoms with Crippen molar-refractivity contribution in [2.45, 2.75) is 52.1 Å². The van der Waals surface area contributed by atoms with Gasteiger partial charge in [0.1, 0.15) is 12.3 Å². The first kappa shape index (κ1) is 20.1. The molecule has 0 bridgehead atoms. The number of rotatable bonds is 5. The van der Waals surface area contributed by atoms with Gasteiger partial charge >= 0.3 is 6.09 Å². The average molecular weight is 391 g/mol. The smallest absolute Gasteiger partial charge is 0.407 e. The second-order valence-electron chi connectivity index (χ2n) is 7.89. The number of carbonyl (C=O) groups excluding carboxylic acids is 2. The molecule has 2 aliphatic rings. The predicted molar refractivity (Wildman–Crippen MR) is 99.2 cm³/mol. The Kier molecular flexibility index (Phi) is 5.29. The van der Waals surface area contributed by atoms with E-state index in [2.05, 4.69) is 5.32 Å². The number of benzene rings is 1. The van der Waals surface area contributed by atoms with Crippen LogP contribution in [0.15, 0.2) is 24.3 Å². The lowest BCUT2D eigenvalue weighted by Gasteiger charge is -2.61. The van der Waals surface area contributed by atoms with E-state index in [1.54, 1.807) is 11.8 Å². The molecule has 2 amide bonds. The van der Waals surface area contributed by atoms with E-state index in [9.17, 15) is 19.7 Å². The Labute approximate surface area is 163 Å². The average Bonchev–Trinajstić information content (AvgIpc) is 2.61. The number of hydrogen-bond acceptors (Lipinski definition) is 6. The molecule has 2 aliphatic heterocycles. The molecule has 28 heavy (non-hydrogen) atoms.